The lowest BCUT2D eigenvalue weighted by atomic mass is 10.0. The van der Waals surface area contributed by atoms with Crippen molar-refractivity contribution in [3.05, 3.63) is 27.2 Å². The molecule has 2 rings (SSSR count). The average Bonchev–Trinajstić information content (AvgIpc) is 2.38. The van der Waals surface area contributed by atoms with Crippen LogP contribution in [0, 0.1) is 0 Å². The lowest BCUT2D eigenvalue weighted by Gasteiger charge is -2.42. The molecule has 1 aromatic rings. The van der Waals surface area contributed by atoms with Gasteiger partial charge in [0.25, 0.3) is 0 Å². The lowest BCUT2D eigenvalue weighted by molar-refractivity contribution is -0.119. The van der Waals surface area contributed by atoms with Crippen LogP contribution in [0.2, 0.25) is 15.1 Å². The van der Waals surface area contributed by atoms with Gasteiger partial charge in [-0.2, -0.15) is 0 Å². The summed E-state index contributed by atoms with van der Waals surface area (Å²) < 4.78 is 0. The monoisotopic (exact) mass is 349 g/mol. The van der Waals surface area contributed by atoms with Gasteiger partial charge in [0.1, 0.15) is 0 Å². The second kappa shape index (κ2) is 6.71. The Balaban J connectivity index is 2.03. The fraction of sp³-hybridized carbons (Fsp3) is 0.500. The molecule has 0 unspecified atom stereocenters. The molecule has 1 heterocycles. The Kier molecular flexibility index (Phi) is 5.38. The zero-order chi connectivity index (χ0) is 15.6. The van der Waals surface area contributed by atoms with E-state index in [-0.39, 0.29) is 11.4 Å². The molecule has 0 aliphatic carbocycles. The molecule has 7 heteroatoms. The Morgan fingerprint density at radius 3 is 2.62 bits per heavy atom. The molecule has 1 fully saturated rings. The maximum absolute atomic E-state index is 12.2. The molecular formula is C14H18Cl3N3O. The van der Waals surface area contributed by atoms with Gasteiger partial charge in [0.15, 0.2) is 0 Å². The van der Waals surface area contributed by atoms with Crippen LogP contribution in [0.3, 0.4) is 0 Å². The maximum Gasteiger partial charge on any atom is 0.238 e. The number of hydrogen-bond donors (Lipinski definition) is 2. The number of halogens is 3. The number of piperazine rings is 1. The number of carbonyl (C=O) groups excluding carboxylic acids is 1. The topological polar surface area (TPSA) is 44.4 Å². The molecule has 0 saturated carbocycles. The van der Waals surface area contributed by atoms with Gasteiger partial charge in [0.2, 0.25) is 5.91 Å². The molecule has 1 aliphatic heterocycles. The summed E-state index contributed by atoms with van der Waals surface area (Å²) in [6.45, 7) is 7.09. The van der Waals surface area contributed by atoms with E-state index < -0.39 is 0 Å². The van der Waals surface area contributed by atoms with Crippen molar-refractivity contribution < 1.29 is 4.79 Å². The largest absolute Gasteiger partial charge is 0.324 e. The van der Waals surface area contributed by atoms with Crippen LogP contribution in [-0.4, -0.2) is 42.5 Å². The number of hydrogen-bond acceptors (Lipinski definition) is 3. The van der Waals surface area contributed by atoms with Gasteiger partial charge < -0.3 is 10.6 Å². The highest BCUT2D eigenvalue weighted by atomic mass is 35.5. The number of benzene rings is 1. The quantitative estimate of drug-likeness (QED) is 0.822. The summed E-state index contributed by atoms with van der Waals surface area (Å²) in [5.41, 5.74) is 0.417. The predicted octanol–water partition coefficient (Wildman–Crippen LogP) is 3.27. The van der Waals surface area contributed by atoms with Crippen molar-refractivity contribution in [3.8, 4) is 0 Å². The smallest absolute Gasteiger partial charge is 0.238 e. The zero-order valence-corrected chi connectivity index (χ0v) is 14.2. The highest BCUT2D eigenvalue weighted by molar-refractivity contribution is 6.44. The third-order valence-electron chi connectivity index (χ3n) is 3.59. The molecule has 1 amide bonds. The molecule has 116 valence electrons. The van der Waals surface area contributed by atoms with Crippen molar-refractivity contribution in [3.63, 3.8) is 0 Å². The van der Waals surface area contributed by atoms with Crippen LogP contribution in [0.15, 0.2) is 12.1 Å². The molecular weight excluding hydrogens is 333 g/mol. The number of rotatable bonds is 3. The lowest BCUT2D eigenvalue weighted by Crippen LogP contribution is -2.59. The Bertz CT molecular complexity index is 549. The second-order valence-corrected chi connectivity index (χ2v) is 6.93. The van der Waals surface area contributed by atoms with Crippen molar-refractivity contribution >= 4 is 46.4 Å². The summed E-state index contributed by atoms with van der Waals surface area (Å²) in [7, 11) is 0. The number of anilines is 1. The summed E-state index contributed by atoms with van der Waals surface area (Å²) in [4.78, 5) is 14.4. The van der Waals surface area contributed by atoms with Gasteiger partial charge in [0, 0.05) is 25.2 Å². The first-order chi connectivity index (χ1) is 9.79. The van der Waals surface area contributed by atoms with Gasteiger partial charge >= 0.3 is 0 Å². The average molecular weight is 351 g/mol. The molecule has 0 aromatic heterocycles. The highest BCUT2D eigenvalue weighted by Crippen LogP contribution is 2.32. The molecule has 0 atom stereocenters. The first-order valence-electron chi connectivity index (χ1n) is 6.70. The van der Waals surface area contributed by atoms with Crippen LogP contribution < -0.4 is 10.6 Å². The van der Waals surface area contributed by atoms with E-state index in [1.54, 1.807) is 6.07 Å². The van der Waals surface area contributed by atoms with Gasteiger partial charge in [-0.3, -0.25) is 9.69 Å². The van der Waals surface area contributed by atoms with Gasteiger partial charge in [-0.1, -0.05) is 34.8 Å². The zero-order valence-electron chi connectivity index (χ0n) is 12.0. The van der Waals surface area contributed by atoms with Gasteiger partial charge in [-0.25, -0.2) is 0 Å². The third kappa shape index (κ3) is 4.24. The highest BCUT2D eigenvalue weighted by Gasteiger charge is 2.30. The standard InChI is InChI=1S/C14H18Cl3N3O/c1-14(2)8-18-3-4-20(14)7-13(21)19-12-6-10(16)9(15)5-11(12)17/h5-6,18H,3-4,7-8H2,1-2H3,(H,19,21). The Morgan fingerprint density at radius 2 is 1.95 bits per heavy atom. The molecule has 1 aliphatic rings. The third-order valence-corrected chi connectivity index (χ3v) is 4.63. The number of carbonyl (C=O) groups is 1. The van der Waals surface area contributed by atoms with Crippen LogP contribution in [0.4, 0.5) is 5.69 Å². The van der Waals surface area contributed by atoms with Crippen LogP contribution in [-0.2, 0) is 4.79 Å². The van der Waals surface area contributed by atoms with E-state index >= 15 is 0 Å². The normalized spacial score (nSPS) is 18.5. The van der Waals surface area contributed by atoms with E-state index in [1.807, 2.05) is 0 Å². The fourth-order valence-corrected chi connectivity index (χ4v) is 2.89. The Hall–Kier alpha value is -0.520. The van der Waals surface area contributed by atoms with E-state index in [0.717, 1.165) is 19.6 Å². The van der Waals surface area contributed by atoms with Crippen LogP contribution in [0.25, 0.3) is 0 Å². The molecule has 1 aromatic carbocycles. The van der Waals surface area contributed by atoms with E-state index in [1.165, 1.54) is 6.07 Å². The minimum Gasteiger partial charge on any atom is -0.324 e. The molecule has 1 saturated heterocycles. The molecule has 2 N–H and O–H groups in total. The predicted molar refractivity (Wildman–Crippen MR) is 88.6 cm³/mol. The van der Waals surface area contributed by atoms with Gasteiger partial charge in [0.05, 0.1) is 27.3 Å². The fourth-order valence-electron chi connectivity index (χ4n) is 2.30. The van der Waals surface area contributed by atoms with Crippen molar-refractivity contribution in [2.24, 2.45) is 0 Å². The number of nitrogens with one attached hydrogen (secondary N) is 2. The van der Waals surface area contributed by atoms with Crippen LogP contribution in [0.5, 0.6) is 0 Å². The molecule has 0 radical (unpaired) electrons. The molecule has 4 nitrogen and oxygen atoms in total. The summed E-state index contributed by atoms with van der Waals surface area (Å²) in [5.74, 6) is -0.120. The van der Waals surface area contributed by atoms with E-state index in [4.69, 9.17) is 34.8 Å². The minimum atomic E-state index is -0.120. The van der Waals surface area contributed by atoms with E-state index in [2.05, 4.69) is 29.4 Å². The van der Waals surface area contributed by atoms with Crippen molar-refractivity contribution in [1.29, 1.82) is 0 Å². The maximum atomic E-state index is 12.2. The summed E-state index contributed by atoms with van der Waals surface area (Å²) in [6, 6.07) is 3.09. The van der Waals surface area contributed by atoms with Crippen LogP contribution >= 0.6 is 34.8 Å². The number of amides is 1. The molecule has 21 heavy (non-hydrogen) atoms. The van der Waals surface area contributed by atoms with Crippen LogP contribution in [0.1, 0.15) is 13.8 Å². The van der Waals surface area contributed by atoms with E-state index in [0.29, 0.717) is 27.3 Å². The first kappa shape index (κ1) is 16.8. The summed E-state index contributed by atoms with van der Waals surface area (Å²) in [5, 5.41) is 7.21. The Labute approximate surface area is 139 Å². The van der Waals surface area contributed by atoms with Crippen molar-refractivity contribution in [2.45, 2.75) is 19.4 Å². The summed E-state index contributed by atoms with van der Waals surface area (Å²) in [6.07, 6.45) is 0. The molecule has 0 spiro atoms. The van der Waals surface area contributed by atoms with Gasteiger partial charge in [-0.15, -0.1) is 0 Å². The van der Waals surface area contributed by atoms with E-state index in [9.17, 15) is 4.79 Å². The SMILES string of the molecule is CC1(C)CNCCN1CC(=O)Nc1cc(Cl)c(Cl)cc1Cl. The van der Waals surface area contributed by atoms with Gasteiger partial charge in [-0.05, 0) is 26.0 Å². The second-order valence-electron chi connectivity index (χ2n) is 5.71. The van der Waals surface area contributed by atoms with Crippen molar-refractivity contribution in [1.82, 2.24) is 10.2 Å². The van der Waals surface area contributed by atoms with Crippen molar-refractivity contribution in [2.75, 3.05) is 31.5 Å². The first-order valence-corrected chi connectivity index (χ1v) is 7.83. The Morgan fingerprint density at radius 1 is 1.29 bits per heavy atom. The summed E-state index contributed by atoms with van der Waals surface area (Å²) >= 11 is 17.9. The molecule has 0 bridgehead atoms. The number of nitrogens with zero attached hydrogens (tertiary/aromatic N) is 1. The minimum absolute atomic E-state index is 0.0585.